The van der Waals surface area contributed by atoms with E-state index in [0.717, 1.165) is 0 Å². The molecular weight excluding hydrogens is 445 g/mol. The number of benzene rings is 1. The van der Waals surface area contributed by atoms with Crippen LogP contribution in [0.5, 0.6) is 0 Å². The van der Waals surface area contributed by atoms with Crippen molar-refractivity contribution in [3.8, 4) is 11.3 Å². The van der Waals surface area contributed by atoms with E-state index in [9.17, 15) is 8.42 Å². The van der Waals surface area contributed by atoms with Gasteiger partial charge < -0.3 is 10.3 Å². The summed E-state index contributed by atoms with van der Waals surface area (Å²) < 4.78 is 41.6. The minimum absolute atomic E-state index is 0.0557. The number of sulfonamides is 1. The maximum absolute atomic E-state index is 15.2. The molecule has 4 rings (SSSR count). The summed E-state index contributed by atoms with van der Waals surface area (Å²) in [4.78, 5) is 19.8. The van der Waals surface area contributed by atoms with Gasteiger partial charge in [-0.1, -0.05) is 18.5 Å². The summed E-state index contributed by atoms with van der Waals surface area (Å²) in [5, 5.41) is 2.93. The number of anilines is 3. The molecule has 3 aromatic heterocycles. The van der Waals surface area contributed by atoms with Crippen LogP contribution in [-0.2, 0) is 10.0 Å². The largest absolute Gasteiger partial charge is 0.336 e. The molecule has 0 spiro atoms. The van der Waals surface area contributed by atoms with Crippen molar-refractivity contribution < 1.29 is 12.8 Å². The molecule has 31 heavy (non-hydrogen) atoms. The molecule has 0 atom stereocenters. The fraction of sp³-hybridized carbons (Fsp3) is 0.158. The van der Waals surface area contributed by atoms with Crippen LogP contribution in [0, 0.1) is 5.82 Å². The van der Waals surface area contributed by atoms with Gasteiger partial charge in [0, 0.05) is 11.8 Å². The number of hydrogen-bond acceptors (Lipinski definition) is 7. The smallest absolute Gasteiger partial charge is 0.232 e. The van der Waals surface area contributed by atoms with E-state index in [1.54, 1.807) is 19.1 Å². The average Bonchev–Trinajstić information content (AvgIpc) is 3.22. The highest BCUT2D eigenvalue weighted by Gasteiger charge is 2.20. The Morgan fingerprint density at radius 2 is 2.00 bits per heavy atom. The predicted molar refractivity (Wildman–Crippen MR) is 117 cm³/mol. The molecule has 0 saturated heterocycles. The topological polar surface area (TPSA) is 126 Å². The highest BCUT2D eigenvalue weighted by Crippen LogP contribution is 2.36. The maximum atomic E-state index is 15.2. The van der Waals surface area contributed by atoms with Crippen LogP contribution in [0.15, 0.2) is 43.1 Å². The van der Waals surface area contributed by atoms with Gasteiger partial charge in [0.2, 0.25) is 10.0 Å². The van der Waals surface area contributed by atoms with Crippen LogP contribution < -0.4 is 10.0 Å². The number of nitrogens with one attached hydrogen (secondary N) is 3. The molecule has 0 saturated carbocycles. The number of rotatable bonds is 7. The number of hydrogen-bond donors (Lipinski definition) is 3. The number of H-pyrrole nitrogens is 1. The van der Waals surface area contributed by atoms with Crippen molar-refractivity contribution >= 4 is 50.0 Å². The van der Waals surface area contributed by atoms with Crippen molar-refractivity contribution in [3.05, 3.63) is 54.0 Å². The van der Waals surface area contributed by atoms with Gasteiger partial charge in [-0.15, -0.1) is 0 Å². The summed E-state index contributed by atoms with van der Waals surface area (Å²) in [7, 11) is -3.68. The molecule has 0 aliphatic heterocycles. The van der Waals surface area contributed by atoms with E-state index in [2.05, 4.69) is 35.0 Å². The standard InChI is InChI=1S/C19H17ClFN7O2S/c1-2-8-31(29,30)28-13-6-5-12(20)16(14(13)21)27-18-11(4-3-7-22-18)15-17-19(25-9-23-15)26-10-24-17/h3-7,9-10,28H,2,8H2,1H3,(H,22,27)(H,23,24,25,26). The van der Waals surface area contributed by atoms with Gasteiger partial charge in [0.1, 0.15) is 23.4 Å². The zero-order valence-corrected chi connectivity index (χ0v) is 17.8. The molecule has 0 unspecified atom stereocenters. The van der Waals surface area contributed by atoms with Crippen LogP contribution in [0.25, 0.3) is 22.4 Å². The number of aromatic amines is 1. The minimum Gasteiger partial charge on any atom is -0.336 e. The van der Waals surface area contributed by atoms with Gasteiger partial charge in [-0.25, -0.2) is 32.7 Å². The number of halogens is 2. The lowest BCUT2D eigenvalue weighted by Crippen LogP contribution is -2.17. The van der Waals surface area contributed by atoms with Crippen LogP contribution >= 0.6 is 11.6 Å². The van der Waals surface area contributed by atoms with Crippen molar-refractivity contribution in [2.75, 3.05) is 15.8 Å². The van der Waals surface area contributed by atoms with Crippen molar-refractivity contribution in [2.45, 2.75) is 13.3 Å². The second kappa shape index (κ2) is 8.44. The van der Waals surface area contributed by atoms with E-state index in [0.29, 0.717) is 28.8 Å². The molecule has 0 amide bonds. The Hall–Kier alpha value is -3.31. The van der Waals surface area contributed by atoms with E-state index < -0.39 is 15.8 Å². The third kappa shape index (κ3) is 4.28. The predicted octanol–water partition coefficient (Wildman–Crippen LogP) is 4.10. The molecule has 0 aliphatic carbocycles. The quantitative estimate of drug-likeness (QED) is 0.378. The Morgan fingerprint density at radius 3 is 2.81 bits per heavy atom. The van der Waals surface area contributed by atoms with E-state index >= 15 is 4.39 Å². The Balaban J connectivity index is 1.76. The number of pyridine rings is 1. The van der Waals surface area contributed by atoms with Crippen molar-refractivity contribution in [3.63, 3.8) is 0 Å². The van der Waals surface area contributed by atoms with Gasteiger partial charge in [-0.3, -0.25) is 4.72 Å². The van der Waals surface area contributed by atoms with E-state index in [1.807, 2.05) is 0 Å². The molecule has 3 N–H and O–H groups in total. The summed E-state index contributed by atoms with van der Waals surface area (Å²) in [5.41, 5.74) is 1.75. The molecule has 12 heteroatoms. The fourth-order valence-corrected chi connectivity index (χ4v) is 4.33. The van der Waals surface area contributed by atoms with E-state index in [-0.39, 0.29) is 28.0 Å². The SMILES string of the molecule is CCCS(=O)(=O)Nc1ccc(Cl)c(Nc2ncccc2-c2ncnc3[nH]cnc23)c1F. The van der Waals surface area contributed by atoms with E-state index in [4.69, 9.17) is 11.6 Å². The first-order valence-electron chi connectivity index (χ1n) is 9.24. The fourth-order valence-electron chi connectivity index (χ4n) is 3.01. The molecule has 3 heterocycles. The van der Waals surface area contributed by atoms with Crippen LogP contribution in [-0.4, -0.2) is 39.1 Å². The average molecular weight is 462 g/mol. The molecule has 9 nitrogen and oxygen atoms in total. The summed E-state index contributed by atoms with van der Waals surface area (Å²) in [5.74, 6) is -0.716. The van der Waals surface area contributed by atoms with Crippen LogP contribution in [0.2, 0.25) is 5.02 Å². The molecular formula is C19H17ClFN7O2S. The Labute approximate surface area is 182 Å². The number of aromatic nitrogens is 5. The van der Waals surface area contributed by atoms with Crippen LogP contribution in [0.4, 0.5) is 21.6 Å². The molecule has 0 bridgehead atoms. The summed E-state index contributed by atoms with van der Waals surface area (Å²) in [6.45, 7) is 1.72. The molecule has 1 aromatic carbocycles. The normalized spacial score (nSPS) is 11.6. The second-order valence-corrected chi connectivity index (χ2v) is 8.80. The Kier molecular flexibility index (Phi) is 5.70. The van der Waals surface area contributed by atoms with Crippen LogP contribution in [0.1, 0.15) is 13.3 Å². The lowest BCUT2D eigenvalue weighted by molar-refractivity contribution is 0.597. The van der Waals surface area contributed by atoms with Gasteiger partial charge in [0.25, 0.3) is 0 Å². The third-order valence-electron chi connectivity index (χ3n) is 4.35. The first kappa shape index (κ1) is 20.9. The molecule has 0 aliphatic rings. The first-order valence-corrected chi connectivity index (χ1v) is 11.3. The second-order valence-electron chi connectivity index (χ2n) is 6.55. The van der Waals surface area contributed by atoms with Gasteiger partial charge in [-0.05, 0) is 30.7 Å². The Bertz CT molecular complexity index is 1360. The van der Waals surface area contributed by atoms with Gasteiger partial charge in [0.05, 0.1) is 28.5 Å². The molecule has 0 fully saturated rings. The summed E-state index contributed by atoms with van der Waals surface area (Å²) >= 11 is 6.21. The monoisotopic (exact) mass is 461 g/mol. The molecule has 4 aromatic rings. The zero-order chi connectivity index (χ0) is 22.0. The van der Waals surface area contributed by atoms with E-state index in [1.165, 1.54) is 31.0 Å². The number of fused-ring (bicyclic) bond motifs is 1. The third-order valence-corrected chi connectivity index (χ3v) is 6.14. The van der Waals surface area contributed by atoms with Gasteiger partial charge in [0.15, 0.2) is 11.5 Å². The summed E-state index contributed by atoms with van der Waals surface area (Å²) in [6.07, 6.45) is 4.79. The minimum atomic E-state index is -3.68. The van der Waals surface area contributed by atoms with Crippen molar-refractivity contribution in [2.24, 2.45) is 0 Å². The van der Waals surface area contributed by atoms with Crippen molar-refractivity contribution in [1.82, 2.24) is 24.9 Å². The van der Waals surface area contributed by atoms with Crippen LogP contribution in [0.3, 0.4) is 0 Å². The Morgan fingerprint density at radius 1 is 1.16 bits per heavy atom. The molecule has 0 radical (unpaired) electrons. The highest BCUT2D eigenvalue weighted by molar-refractivity contribution is 7.92. The highest BCUT2D eigenvalue weighted by atomic mass is 35.5. The van der Waals surface area contributed by atoms with Gasteiger partial charge >= 0.3 is 0 Å². The lowest BCUT2D eigenvalue weighted by atomic mass is 10.1. The molecule has 160 valence electrons. The number of nitrogens with zero attached hydrogens (tertiary/aromatic N) is 4. The maximum Gasteiger partial charge on any atom is 0.232 e. The van der Waals surface area contributed by atoms with Crippen molar-refractivity contribution in [1.29, 1.82) is 0 Å². The first-order chi connectivity index (χ1) is 14.9. The summed E-state index contributed by atoms with van der Waals surface area (Å²) in [6, 6.07) is 6.11. The lowest BCUT2D eigenvalue weighted by Gasteiger charge is -2.15. The zero-order valence-electron chi connectivity index (χ0n) is 16.2. The van der Waals surface area contributed by atoms with Gasteiger partial charge in [-0.2, -0.15) is 0 Å². The number of imidazole rings is 1.